The fraction of sp³-hybridized carbons (Fsp3) is 0.600. The van der Waals surface area contributed by atoms with Crippen LogP contribution in [0.4, 0.5) is 4.79 Å². The van der Waals surface area contributed by atoms with E-state index < -0.39 is 5.60 Å². The molecule has 27 heavy (non-hydrogen) atoms. The summed E-state index contributed by atoms with van der Waals surface area (Å²) in [6.45, 7) is 8.51. The maximum absolute atomic E-state index is 12.3. The molecule has 0 spiro atoms. The summed E-state index contributed by atoms with van der Waals surface area (Å²) in [4.78, 5) is 21.1. The van der Waals surface area contributed by atoms with Crippen molar-refractivity contribution >= 4 is 23.7 Å². The number of piperazine rings is 1. The molecule has 7 heteroatoms. The standard InChI is InChI=1S/C20H27ClN4O2/c1-20(2,3)27-19(26)24-7-8-25-15(12-24)11-22-18(25)23-17-10-16(17)13-5-4-6-14(21)9-13/h4-6,9,15-17H,7-8,10-12H2,1-3H3,(H,22,23). The molecule has 2 heterocycles. The topological polar surface area (TPSA) is 57.2 Å². The van der Waals surface area contributed by atoms with Crippen molar-refractivity contribution in [3.8, 4) is 0 Å². The number of amides is 1. The van der Waals surface area contributed by atoms with Gasteiger partial charge in [0.05, 0.1) is 12.6 Å². The Balaban J connectivity index is 1.30. The zero-order valence-electron chi connectivity index (χ0n) is 16.1. The molecule has 1 aromatic rings. The zero-order valence-corrected chi connectivity index (χ0v) is 16.9. The number of aliphatic imine (C=N–C) groups is 1. The van der Waals surface area contributed by atoms with Gasteiger partial charge in [0.25, 0.3) is 0 Å². The maximum atomic E-state index is 12.3. The Labute approximate surface area is 165 Å². The first-order chi connectivity index (χ1) is 12.8. The Bertz CT molecular complexity index is 761. The first-order valence-electron chi connectivity index (χ1n) is 9.61. The van der Waals surface area contributed by atoms with Crippen molar-refractivity contribution in [2.45, 2.75) is 50.8 Å². The number of ether oxygens (including phenoxy) is 1. The third-order valence-corrected chi connectivity index (χ3v) is 5.48. The fourth-order valence-electron chi connectivity index (χ4n) is 3.82. The van der Waals surface area contributed by atoms with Crippen molar-refractivity contribution in [3.63, 3.8) is 0 Å². The number of rotatable bonds is 2. The number of carbonyl (C=O) groups is 1. The lowest BCUT2D eigenvalue weighted by atomic mass is 10.1. The van der Waals surface area contributed by atoms with Gasteiger partial charge in [-0.15, -0.1) is 0 Å². The van der Waals surface area contributed by atoms with E-state index >= 15 is 0 Å². The molecular weight excluding hydrogens is 364 g/mol. The Hall–Kier alpha value is -1.95. The zero-order chi connectivity index (χ0) is 19.2. The molecule has 0 radical (unpaired) electrons. The van der Waals surface area contributed by atoms with E-state index in [0.29, 0.717) is 25.0 Å². The summed E-state index contributed by atoms with van der Waals surface area (Å²) < 4.78 is 5.50. The van der Waals surface area contributed by atoms with Gasteiger partial charge < -0.3 is 19.9 Å². The summed E-state index contributed by atoms with van der Waals surface area (Å²) in [5, 5.41) is 4.39. The van der Waals surface area contributed by atoms with Gasteiger partial charge in [0.2, 0.25) is 0 Å². The Morgan fingerprint density at radius 3 is 2.89 bits per heavy atom. The second kappa shape index (κ2) is 6.89. The summed E-state index contributed by atoms with van der Waals surface area (Å²) in [5.74, 6) is 1.46. The van der Waals surface area contributed by atoms with Crippen LogP contribution >= 0.6 is 11.6 Å². The summed E-state index contributed by atoms with van der Waals surface area (Å²) in [7, 11) is 0. The van der Waals surface area contributed by atoms with Crippen molar-refractivity contribution < 1.29 is 9.53 Å². The van der Waals surface area contributed by atoms with E-state index in [1.165, 1.54) is 5.56 Å². The van der Waals surface area contributed by atoms with Crippen LogP contribution in [0, 0.1) is 0 Å². The number of hydrogen-bond donors (Lipinski definition) is 1. The summed E-state index contributed by atoms with van der Waals surface area (Å²) in [6, 6.07) is 8.74. The van der Waals surface area contributed by atoms with E-state index in [0.717, 1.165) is 30.5 Å². The Morgan fingerprint density at radius 2 is 2.15 bits per heavy atom. The third kappa shape index (κ3) is 4.15. The van der Waals surface area contributed by atoms with E-state index in [-0.39, 0.29) is 12.1 Å². The molecule has 3 atom stereocenters. The van der Waals surface area contributed by atoms with E-state index in [2.05, 4.69) is 16.3 Å². The van der Waals surface area contributed by atoms with E-state index in [1.807, 2.05) is 39.0 Å². The minimum Gasteiger partial charge on any atom is -0.444 e. The smallest absolute Gasteiger partial charge is 0.410 e. The van der Waals surface area contributed by atoms with Crippen LogP contribution in [0.1, 0.15) is 38.7 Å². The lowest BCUT2D eigenvalue weighted by Gasteiger charge is -2.39. The van der Waals surface area contributed by atoms with Crippen LogP contribution in [-0.2, 0) is 4.74 Å². The number of nitrogens with zero attached hydrogens (tertiary/aromatic N) is 3. The maximum Gasteiger partial charge on any atom is 0.410 e. The summed E-state index contributed by atoms with van der Waals surface area (Å²) in [5.41, 5.74) is 0.818. The van der Waals surface area contributed by atoms with E-state index in [4.69, 9.17) is 21.3 Å². The van der Waals surface area contributed by atoms with Gasteiger partial charge in [-0.3, -0.25) is 4.99 Å². The summed E-state index contributed by atoms with van der Waals surface area (Å²) in [6.07, 6.45) is 0.869. The van der Waals surface area contributed by atoms with Crippen molar-refractivity contribution in [3.05, 3.63) is 34.9 Å². The van der Waals surface area contributed by atoms with Gasteiger partial charge in [-0.1, -0.05) is 23.7 Å². The molecule has 1 saturated heterocycles. The average Bonchev–Trinajstić information content (AvgIpc) is 3.25. The molecular formula is C20H27ClN4O2. The normalized spacial score (nSPS) is 27.1. The van der Waals surface area contributed by atoms with Gasteiger partial charge in [0, 0.05) is 36.6 Å². The highest BCUT2D eigenvalue weighted by molar-refractivity contribution is 6.30. The van der Waals surface area contributed by atoms with Crippen molar-refractivity contribution in [1.29, 1.82) is 0 Å². The fourth-order valence-corrected chi connectivity index (χ4v) is 4.02. The molecule has 0 bridgehead atoms. The van der Waals surface area contributed by atoms with Crippen molar-refractivity contribution in [2.75, 3.05) is 26.2 Å². The molecule has 6 nitrogen and oxygen atoms in total. The molecule has 0 aromatic heterocycles. The van der Waals surface area contributed by atoms with Gasteiger partial charge in [0.1, 0.15) is 5.60 Å². The molecule has 2 aliphatic heterocycles. The number of fused-ring (bicyclic) bond motifs is 1. The number of nitrogens with one attached hydrogen (secondary N) is 1. The number of guanidine groups is 1. The molecule has 1 aromatic carbocycles. The molecule has 146 valence electrons. The Kier molecular flexibility index (Phi) is 4.70. The minimum absolute atomic E-state index is 0.230. The van der Waals surface area contributed by atoms with Crippen LogP contribution in [0.5, 0.6) is 0 Å². The highest BCUT2D eigenvalue weighted by atomic mass is 35.5. The van der Waals surface area contributed by atoms with Crippen LogP contribution in [0.15, 0.2) is 29.3 Å². The van der Waals surface area contributed by atoms with Crippen molar-refractivity contribution in [2.24, 2.45) is 4.99 Å². The predicted molar refractivity (Wildman–Crippen MR) is 106 cm³/mol. The van der Waals surface area contributed by atoms with Gasteiger partial charge in [-0.05, 0) is 44.9 Å². The van der Waals surface area contributed by atoms with Crippen LogP contribution in [0.2, 0.25) is 5.02 Å². The minimum atomic E-state index is -0.464. The van der Waals surface area contributed by atoms with E-state index in [1.54, 1.807) is 4.90 Å². The van der Waals surface area contributed by atoms with E-state index in [9.17, 15) is 4.79 Å². The molecule has 2 fully saturated rings. The molecule has 4 rings (SSSR count). The quantitative estimate of drug-likeness (QED) is 0.843. The second-order valence-corrected chi connectivity index (χ2v) is 9.02. The number of halogens is 1. The predicted octanol–water partition coefficient (Wildman–Crippen LogP) is 3.08. The van der Waals surface area contributed by atoms with Gasteiger partial charge in [-0.25, -0.2) is 4.79 Å². The lowest BCUT2D eigenvalue weighted by Crippen LogP contribution is -2.57. The van der Waals surface area contributed by atoms with Crippen LogP contribution < -0.4 is 5.32 Å². The van der Waals surface area contributed by atoms with Gasteiger partial charge >= 0.3 is 6.09 Å². The monoisotopic (exact) mass is 390 g/mol. The van der Waals surface area contributed by atoms with Gasteiger partial charge in [-0.2, -0.15) is 0 Å². The largest absolute Gasteiger partial charge is 0.444 e. The SMILES string of the molecule is CC(C)(C)OC(=O)N1CCN2C(NC3CC3c3cccc(Cl)c3)=NCC2C1. The first kappa shape index (κ1) is 18.4. The highest BCUT2D eigenvalue weighted by Crippen LogP contribution is 2.41. The molecule has 3 unspecified atom stereocenters. The molecule has 1 saturated carbocycles. The molecule has 1 aliphatic carbocycles. The van der Waals surface area contributed by atoms with Crippen LogP contribution in [0.25, 0.3) is 0 Å². The first-order valence-corrected chi connectivity index (χ1v) is 9.99. The number of hydrogen-bond acceptors (Lipinski definition) is 5. The average molecular weight is 391 g/mol. The molecule has 3 aliphatic rings. The van der Waals surface area contributed by atoms with Crippen molar-refractivity contribution in [1.82, 2.24) is 15.1 Å². The molecule has 1 N–H and O–H groups in total. The van der Waals surface area contributed by atoms with Crippen LogP contribution in [0.3, 0.4) is 0 Å². The lowest BCUT2D eigenvalue weighted by molar-refractivity contribution is 0.0137. The molecule has 1 amide bonds. The number of carbonyl (C=O) groups excluding carboxylic acids is 1. The second-order valence-electron chi connectivity index (χ2n) is 8.59. The summed E-state index contributed by atoms with van der Waals surface area (Å²) >= 11 is 6.11. The van der Waals surface area contributed by atoms with Crippen LogP contribution in [-0.4, -0.2) is 65.7 Å². The highest BCUT2D eigenvalue weighted by Gasteiger charge is 2.42. The van der Waals surface area contributed by atoms with Gasteiger partial charge in [0.15, 0.2) is 5.96 Å². The third-order valence-electron chi connectivity index (χ3n) is 5.24. The Morgan fingerprint density at radius 1 is 1.33 bits per heavy atom. The number of benzene rings is 1.